The number of aromatic nitrogens is 1. The van der Waals surface area contributed by atoms with Crippen LogP contribution in [0.2, 0.25) is 10.2 Å². The van der Waals surface area contributed by atoms with Crippen LogP contribution in [-0.2, 0) is 20.0 Å². The van der Waals surface area contributed by atoms with Crippen LogP contribution in [0.5, 0.6) is 0 Å². The minimum Gasteiger partial charge on any atom is -0.356 e. The van der Waals surface area contributed by atoms with Crippen LogP contribution in [0.25, 0.3) is 0 Å². The molecule has 1 aromatic carbocycles. The summed E-state index contributed by atoms with van der Waals surface area (Å²) in [5.74, 6) is 3.06. The number of hydrogen-bond acceptors (Lipinski definition) is 1. The molecular formula is C19H23Cl2IN4. The summed E-state index contributed by atoms with van der Waals surface area (Å²) in [6.45, 7) is 1.58. The lowest BCUT2D eigenvalue weighted by Crippen LogP contribution is -2.38. The highest BCUT2D eigenvalue weighted by atomic mass is 127. The molecule has 0 aliphatic heterocycles. The van der Waals surface area contributed by atoms with E-state index < -0.39 is 0 Å². The molecule has 2 aromatic rings. The fraction of sp³-hybridized carbons (Fsp3) is 0.421. The van der Waals surface area contributed by atoms with E-state index in [2.05, 4.69) is 39.9 Å². The van der Waals surface area contributed by atoms with Gasteiger partial charge in [-0.15, -0.1) is 24.0 Å². The van der Waals surface area contributed by atoms with Gasteiger partial charge in [-0.05, 0) is 41.4 Å². The Kier molecular flexibility index (Phi) is 6.09. The summed E-state index contributed by atoms with van der Waals surface area (Å²) in [6, 6.07) is 10.7. The van der Waals surface area contributed by atoms with Crippen molar-refractivity contribution in [2.75, 3.05) is 13.6 Å². The predicted octanol–water partition coefficient (Wildman–Crippen LogP) is 4.20. The molecule has 0 amide bonds. The normalized spacial score (nSPS) is 23.1. The van der Waals surface area contributed by atoms with Crippen molar-refractivity contribution in [2.24, 2.45) is 23.9 Å². The molecule has 4 nitrogen and oxygen atoms in total. The van der Waals surface area contributed by atoms with Gasteiger partial charge in [-0.2, -0.15) is 0 Å². The number of nitrogens with zero attached hydrogens (tertiary/aromatic N) is 2. The molecule has 1 aromatic heterocycles. The Morgan fingerprint density at radius 1 is 1.27 bits per heavy atom. The van der Waals surface area contributed by atoms with Crippen LogP contribution in [0.4, 0.5) is 0 Å². The average molecular weight is 505 g/mol. The van der Waals surface area contributed by atoms with Gasteiger partial charge in [-0.3, -0.25) is 4.99 Å². The second-order valence-electron chi connectivity index (χ2n) is 6.90. The van der Waals surface area contributed by atoms with E-state index >= 15 is 0 Å². The Labute approximate surface area is 181 Å². The zero-order valence-electron chi connectivity index (χ0n) is 14.8. The van der Waals surface area contributed by atoms with Gasteiger partial charge in [-0.25, -0.2) is 0 Å². The van der Waals surface area contributed by atoms with Gasteiger partial charge >= 0.3 is 0 Å². The minimum atomic E-state index is 0. The van der Waals surface area contributed by atoms with Crippen molar-refractivity contribution >= 4 is 53.1 Å². The summed E-state index contributed by atoms with van der Waals surface area (Å²) in [4.78, 5) is 4.32. The fourth-order valence-corrected chi connectivity index (χ4v) is 4.55. The third-order valence-electron chi connectivity index (χ3n) is 5.58. The quantitative estimate of drug-likeness (QED) is 0.372. The van der Waals surface area contributed by atoms with Crippen LogP contribution in [0, 0.1) is 11.8 Å². The van der Waals surface area contributed by atoms with E-state index in [-0.39, 0.29) is 24.0 Å². The third kappa shape index (κ3) is 3.58. The number of halogens is 3. The largest absolute Gasteiger partial charge is 0.356 e. The number of benzene rings is 1. The number of rotatable bonds is 4. The Balaban J connectivity index is 0.00000196. The lowest BCUT2D eigenvalue weighted by Gasteiger charge is -2.14. The van der Waals surface area contributed by atoms with Gasteiger partial charge in [0.05, 0.1) is 11.6 Å². The SMILES string of the molecule is CN=C(NCc1cc(Cl)c(Cl)n1C)NCC1C2Cc3ccccc3C12.I. The molecule has 0 radical (unpaired) electrons. The van der Waals surface area contributed by atoms with E-state index in [0.717, 1.165) is 30.0 Å². The molecule has 0 bridgehead atoms. The molecule has 4 rings (SSSR count). The second kappa shape index (κ2) is 7.98. The van der Waals surface area contributed by atoms with Gasteiger partial charge in [0.25, 0.3) is 0 Å². The molecular weight excluding hydrogens is 482 g/mol. The Morgan fingerprint density at radius 3 is 2.73 bits per heavy atom. The van der Waals surface area contributed by atoms with E-state index in [1.54, 1.807) is 12.6 Å². The highest BCUT2D eigenvalue weighted by Crippen LogP contribution is 2.60. The van der Waals surface area contributed by atoms with Gasteiger partial charge in [0.2, 0.25) is 0 Å². The van der Waals surface area contributed by atoms with Crippen LogP contribution >= 0.6 is 47.2 Å². The Hall–Kier alpha value is -0.920. The number of aliphatic imine (C=N–C) groups is 1. The minimum absolute atomic E-state index is 0. The van der Waals surface area contributed by atoms with Crippen LogP contribution in [0.15, 0.2) is 35.3 Å². The van der Waals surface area contributed by atoms with Crippen molar-refractivity contribution < 1.29 is 0 Å². The van der Waals surface area contributed by atoms with Crippen molar-refractivity contribution in [2.45, 2.75) is 18.9 Å². The molecule has 0 spiro atoms. The van der Waals surface area contributed by atoms with Gasteiger partial charge in [0.1, 0.15) is 5.15 Å². The van der Waals surface area contributed by atoms with E-state index in [1.807, 2.05) is 17.7 Å². The first-order chi connectivity index (χ1) is 12.1. The van der Waals surface area contributed by atoms with Crippen LogP contribution in [0.3, 0.4) is 0 Å². The summed E-state index contributed by atoms with van der Waals surface area (Å²) in [7, 11) is 3.70. The molecule has 1 fully saturated rings. The summed E-state index contributed by atoms with van der Waals surface area (Å²) in [6.07, 6.45) is 1.22. The molecule has 140 valence electrons. The maximum Gasteiger partial charge on any atom is 0.191 e. The van der Waals surface area contributed by atoms with Gasteiger partial charge < -0.3 is 15.2 Å². The summed E-state index contributed by atoms with van der Waals surface area (Å²) < 4.78 is 1.88. The highest BCUT2D eigenvalue weighted by molar-refractivity contribution is 14.0. The average Bonchev–Trinajstić information content (AvgIpc) is 3.06. The lowest BCUT2D eigenvalue weighted by molar-refractivity contribution is 0.651. The smallest absolute Gasteiger partial charge is 0.191 e. The van der Waals surface area contributed by atoms with Gasteiger partial charge in [0.15, 0.2) is 5.96 Å². The van der Waals surface area contributed by atoms with E-state index in [1.165, 1.54) is 12.0 Å². The summed E-state index contributed by atoms with van der Waals surface area (Å²) >= 11 is 12.2. The number of nitrogens with one attached hydrogen (secondary N) is 2. The van der Waals surface area contributed by atoms with Crippen LogP contribution in [0.1, 0.15) is 22.7 Å². The van der Waals surface area contributed by atoms with Crippen molar-refractivity contribution in [3.63, 3.8) is 0 Å². The highest BCUT2D eigenvalue weighted by Gasteiger charge is 2.54. The van der Waals surface area contributed by atoms with E-state index in [0.29, 0.717) is 22.6 Å². The maximum atomic E-state index is 6.11. The third-order valence-corrected chi connectivity index (χ3v) is 6.42. The summed E-state index contributed by atoms with van der Waals surface area (Å²) in [5, 5.41) is 7.94. The molecule has 7 heteroatoms. The number of fused-ring (bicyclic) bond motifs is 3. The maximum absolute atomic E-state index is 6.11. The van der Waals surface area contributed by atoms with Gasteiger partial charge in [0, 0.05) is 26.3 Å². The van der Waals surface area contributed by atoms with Crippen LogP contribution in [-0.4, -0.2) is 24.1 Å². The zero-order chi connectivity index (χ0) is 17.6. The molecule has 2 aliphatic rings. The second-order valence-corrected chi connectivity index (χ2v) is 7.66. The zero-order valence-corrected chi connectivity index (χ0v) is 18.6. The Morgan fingerprint density at radius 2 is 2.04 bits per heavy atom. The number of hydrogen-bond donors (Lipinski definition) is 2. The van der Waals surface area contributed by atoms with Crippen molar-refractivity contribution in [3.05, 3.63) is 57.3 Å². The lowest BCUT2D eigenvalue weighted by atomic mass is 10.0. The molecule has 2 N–H and O–H groups in total. The van der Waals surface area contributed by atoms with E-state index in [9.17, 15) is 0 Å². The molecule has 3 atom stereocenters. The standard InChI is InChI=1S/C19H22Cl2N4.HI/c1-22-19(23-9-12-8-16(20)18(21)25(12)2)24-10-15-14-7-11-5-3-4-6-13(11)17(14)15;/h3-6,8,14-15,17H,7,9-10H2,1-2H3,(H2,22,23,24);1H. The van der Waals surface area contributed by atoms with Gasteiger partial charge in [-0.1, -0.05) is 47.5 Å². The first-order valence-corrected chi connectivity index (χ1v) is 9.37. The number of guanidine groups is 1. The van der Waals surface area contributed by atoms with Crippen LogP contribution < -0.4 is 10.6 Å². The molecule has 2 aliphatic carbocycles. The summed E-state index contributed by atoms with van der Waals surface area (Å²) in [5.41, 5.74) is 4.11. The molecule has 1 saturated carbocycles. The monoisotopic (exact) mass is 504 g/mol. The van der Waals surface area contributed by atoms with Crippen molar-refractivity contribution in [3.8, 4) is 0 Å². The fourth-order valence-electron chi connectivity index (χ4n) is 4.13. The van der Waals surface area contributed by atoms with Crippen molar-refractivity contribution in [1.82, 2.24) is 15.2 Å². The molecule has 3 unspecified atom stereocenters. The molecule has 0 saturated heterocycles. The first-order valence-electron chi connectivity index (χ1n) is 8.62. The topological polar surface area (TPSA) is 41.4 Å². The predicted molar refractivity (Wildman–Crippen MR) is 119 cm³/mol. The van der Waals surface area contributed by atoms with Crippen molar-refractivity contribution in [1.29, 1.82) is 0 Å². The van der Waals surface area contributed by atoms with E-state index in [4.69, 9.17) is 23.2 Å². The molecule has 1 heterocycles. The first kappa shape index (κ1) is 19.8. The Bertz CT molecular complexity index is 833. The molecule has 26 heavy (non-hydrogen) atoms.